The van der Waals surface area contributed by atoms with Crippen LogP contribution in [0.3, 0.4) is 0 Å². The van der Waals surface area contributed by atoms with Gasteiger partial charge in [-0.25, -0.2) is 0 Å². The molecule has 4 heteroatoms. The van der Waals surface area contributed by atoms with Crippen LogP contribution in [0, 0.1) is 11.8 Å². The minimum absolute atomic E-state index is 0.316. The molecule has 22 heavy (non-hydrogen) atoms. The number of benzene rings is 1. The number of morpholine rings is 1. The lowest BCUT2D eigenvalue weighted by molar-refractivity contribution is 0.0265. The molecule has 0 radical (unpaired) electrons. The van der Waals surface area contributed by atoms with Gasteiger partial charge in [0, 0.05) is 45.9 Å². The van der Waals surface area contributed by atoms with Crippen molar-refractivity contribution in [3.05, 3.63) is 35.9 Å². The summed E-state index contributed by atoms with van der Waals surface area (Å²) in [4.78, 5) is 5.02. The smallest absolute Gasteiger partial charge is 0.0594 e. The molecule has 122 valence electrons. The first-order valence-corrected chi connectivity index (χ1v) is 8.52. The Hall–Kier alpha value is -0.940. The highest BCUT2D eigenvalue weighted by Gasteiger charge is 2.33. The molecule has 1 aromatic rings. The van der Waals surface area contributed by atoms with Crippen LogP contribution in [-0.2, 0) is 11.2 Å². The summed E-state index contributed by atoms with van der Waals surface area (Å²) in [5, 5.41) is 9.70. The standard InChI is InChI=1S/C18H28N2O2/c21-15-18-14-20(7-6-16-4-2-1-3-5-16)13-17(18)12-19-8-10-22-11-9-19/h1-5,17-18,21H,6-15H2/t17-,18-/m1/s1. The van der Waals surface area contributed by atoms with Crippen LogP contribution in [0.4, 0.5) is 0 Å². The van der Waals surface area contributed by atoms with Gasteiger partial charge < -0.3 is 14.7 Å². The van der Waals surface area contributed by atoms with Crippen LogP contribution in [0.1, 0.15) is 5.56 Å². The molecule has 0 aromatic heterocycles. The zero-order valence-electron chi connectivity index (χ0n) is 13.4. The zero-order valence-corrected chi connectivity index (χ0v) is 13.4. The van der Waals surface area contributed by atoms with E-state index in [0.717, 1.165) is 58.9 Å². The number of aliphatic hydroxyl groups is 1. The van der Waals surface area contributed by atoms with E-state index in [1.54, 1.807) is 0 Å². The van der Waals surface area contributed by atoms with Crippen molar-refractivity contribution in [3.63, 3.8) is 0 Å². The lowest BCUT2D eigenvalue weighted by Crippen LogP contribution is -2.41. The highest BCUT2D eigenvalue weighted by Crippen LogP contribution is 2.24. The number of hydrogen-bond acceptors (Lipinski definition) is 4. The molecule has 3 rings (SSSR count). The van der Waals surface area contributed by atoms with Gasteiger partial charge in [-0.3, -0.25) is 4.90 Å². The molecule has 2 saturated heterocycles. The van der Waals surface area contributed by atoms with E-state index in [9.17, 15) is 5.11 Å². The first kappa shape index (κ1) is 15.9. The van der Waals surface area contributed by atoms with Crippen LogP contribution in [-0.4, -0.2) is 74.0 Å². The van der Waals surface area contributed by atoms with Gasteiger partial charge in [-0.15, -0.1) is 0 Å². The number of likely N-dealkylation sites (tertiary alicyclic amines) is 1. The van der Waals surface area contributed by atoms with E-state index in [4.69, 9.17) is 4.74 Å². The number of rotatable bonds is 6. The van der Waals surface area contributed by atoms with Crippen LogP contribution in [0.2, 0.25) is 0 Å². The Balaban J connectivity index is 1.48. The third-order valence-electron chi connectivity index (χ3n) is 5.04. The molecule has 4 nitrogen and oxygen atoms in total. The highest BCUT2D eigenvalue weighted by atomic mass is 16.5. The van der Waals surface area contributed by atoms with Crippen LogP contribution in [0.5, 0.6) is 0 Å². The second-order valence-electron chi connectivity index (χ2n) is 6.61. The van der Waals surface area contributed by atoms with Crippen LogP contribution in [0.15, 0.2) is 30.3 Å². The topological polar surface area (TPSA) is 35.9 Å². The Kier molecular flexibility index (Phi) is 5.84. The Morgan fingerprint density at radius 2 is 1.73 bits per heavy atom. The van der Waals surface area contributed by atoms with E-state index in [0.29, 0.717) is 18.4 Å². The average molecular weight is 304 g/mol. The molecule has 1 N–H and O–H groups in total. The van der Waals surface area contributed by atoms with Gasteiger partial charge in [0.15, 0.2) is 0 Å². The summed E-state index contributed by atoms with van der Waals surface area (Å²) < 4.78 is 5.42. The third-order valence-corrected chi connectivity index (χ3v) is 5.04. The van der Waals surface area contributed by atoms with E-state index in [-0.39, 0.29) is 0 Å². The van der Waals surface area contributed by atoms with Crippen LogP contribution >= 0.6 is 0 Å². The number of nitrogens with zero attached hydrogens (tertiary/aromatic N) is 2. The molecule has 0 unspecified atom stereocenters. The predicted octanol–water partition coefficient (Wildman–Crippen LogP) is 1.10. The lowest BCUT2D eigenvalue weighted by atomic mass is 9.96. The largest absolute Gasteiger partial charge is 0.396 e. The number of ether oxygens (including phenoxy) is 1. The van der Waals surface area contributed by atoms with Crippen molar-refractivity contribution < 1.29 is 9.84 Å². The molecule has 2 aliphatic heterocycles. The minimum atomic E-state index is 0.316. The first-order chi connectivity index (χ1) is 10.8. The molecular weight excluding hydrogens is 276 g/mol. The van der Waals surface area contributed by atoms with Crippen molar-refractivity contribution in [2.24, 2.45) is 11.8 Å². The van der Waals surface area contributed by atoms with E-state index in [1.807, 2.05) is 0 Å². The molecule has 2 fully saturated rings. The van der Waals surface area contributed by atoms with Crippen molar-refractivity contribution in [1.82, 2.24) is 9.80 Å². The van der Waals surface area contributed by atoms with Crippen LogP contribution < -0.4 is 0 Å². The monoisotopic (exact) mass is 304 g/mol. The van der Waals surface area contributed by atoms with Crippen LogP contribution in [0.25, 0.3) is 0 Å². The molecule has 0 amide bonds. The maximum absolute atomic E-state index is 9.70. The van der Waals surface area contributed by atoms with E-state index in [1.165, 1.54) is 5.56 Å². The SMILES string of the molecule is OC[C@H]1CN(CCc2ccccc2)C[C@H]1CN1CCOCC1. The van der Waals surface area contributed by atoms with Gasteiger partial charge in [0.1, 0.15) is 0 Å². The first-order valence-electron chi connectivity index (χ1n) is 8.52. The molecule has 2 atom stereocenters. The Morgan fingerprint density at radius 1 is 1.00 bits per heavy atom. The number of hydrogen-bond donors (Lipinski definition) is 1. The average Bonchev–Trinajstić information content (AvgIpc) is 2.97. The van der Waals surface area contributed by atoms with E-state index >= 15 is 0 Å². The van der Waals surface area contributed by atoms with Crippen molar-refractivity contribution in [2.75, 3.05) is 59.1 Å². The Bertz CT molecular complexity index is 434. The van der Waals surface area contributed by atoms with Crippen molar-refractivity contribution in [1.29, 1.82) is 0 Å². The van der Waals surface area contributed by atoms with E-state index in [2.05, 4.69) is 40.1 Å². The van der Waals surface area contributed by atoms with E-state index < -0.39 is 0 Å². The normalized spacial score (nSPS) is 27.3. The predicted molar refractivity (Wildman–Crippen MR) is 87.9 cm³/mol. The number of aliphatic hydroxyl groups excluding tert-OH is 1. The summed E-state index contributed by atoms with van der Waals surface area (Å²) >= 11 is 0. The summed E-state index contributed by atoms with van der Waals surface area (Å²) in [6.07, 6.45) is 1.10. The molecular formula is C18H28N2O2. The van der Waals surface area contributed by atoms with Gasteiger partial charge in [0.2, 0.25) is 0 Å². The molecule has 2 heterocycles. The zero-order chi connectivity index (χ0) is 15.2. The summed E-state index contributed by atoms with van der Waals surface area (Å²) in [5.41, 5.74) is 1.40. The summed E-state index contributed by atoms with van der Waals surface area (Å²) in [6, 6.07) is 10.7. The Morgan fingerprint density at radius 3 is 2.45 bits per heavy atom. The second kappa shape index (κ2) is 8.06. The Labute approximate surface area is 133 Å². The molecule has 0 saturated carbocycles. The summed E-state index contributed by atoms with van der Waals surface area (Å²) in [5.74, 6) is 1.03. The summed E-state index contributed by atoms with van der Waals surface area (Å²) in [7, 11) is 0. The highest BCUT2D eigenvalue weighted by molar-refractivity contribution is 5.14. The van der Waals surface area contributed by atoms with Gasteiger partial charge in [-0.1, -0.05) is 30.3 Å². The minimum Gasteiger partial charge on any atom is -0.396 e. The fourth-order valence-corrected chi connectivity index (χ4v) is 3.68. The van der Waals surface area contributed by atoms with Gasteiger partial charge in [0.05, 0.1) is 13.2 Å². The summed E-state index contributed by atoms with van der Waals surface area (Å²) in [6.45, 7) is 8.47. The molecule has 1 aromatic carbocycles. The second-order valence-corrected chi connectivity index (χ2v) is 6.61. The molecule has 0 spiro atoms. The molecule has 2 aliphatic rings. The quantitative estimate of drug-likeness (QED) is 0.854. The van der Waals surface area contributed by atoms with Crippen molar-refractivity contribution in [2.45, 2.75) is 6.42 Å². The van der Waals surface area contributed by atoms with Gasteiger partial charge in [-0.2, -0.15) is 0 Å². The van der Waals surface area contributed by atoms with Crippen molar-refractivity contribution in [3.8, 4) is 0 Å². The van der Waals surface area contributed by atoms with Gasteiger partial charge in [0.25, 0.3) is 0 Å². The van der Waals surface area contributed by atoms with Gasteiger partial charge >= 0.3 is 0 Å². The van der Waals surface area contributed by atoms with Gasteiger partial charge in [-0.05, 0) is 23.8 Å². The maximum atomic E-state index is 9.70. The molecule has 0 aliphatic carbocycles. The fourth-order valence-electron chi connectivity index (χ4n) is 3.68. The fraction of sp³-hybridized carbons (Fsp3) is 0.667. The third kappa shape index (κ3) is 4.29. The maximum Gasteiger partial charge on any atom is 0.0594 e. The lowest BCUT2D eigenvalue weighted by Gasteiger charge is -2.30. The van der Waals surface area contributed by atoms with Crippen molar-refractivity contribution >= 4 is 0 Å². The molecule has 0 bridgehead atoms.